The molecule has 0 radical (unpaired) electrons. The third-order valence-electron chi connectivity index (χ3n) is 4.36. The average molecular weight is 448 g/mol. The number of nitrogens with one attached hydrogen (secondary N) is 2. The Bertz CT molecular complexity index is 1130. The van der Waals surface area contributed by atoms with E-state index in [1.807, 2.05) is 0 Å². The fraction of sp³-hybridized carbons (Fsp3) is 0.250. The minimum atomic E-state index is -3.20. The van der Waals surface area contributed by atoms with Gasteiger partial charge in [0.15, 0.2) is 9.84 Å². The van der Waals surface area contributed by atoms with Gasteiger partial charge in [-0.05, 0) is 49.7 Å². The predicted molar refractivity (Wildman–Crippen MR) is 118 cm³/mol. The van der Waals surface area contributed by atoms with E-state index in [-0.39, 0.29) is 18.2 Å². The van der Waals surface area contributed by atoms with Crippen LogP contribution in [0.5, 0.6) is 0 Å². The molecule has 0 bridgehead atoms. The van der Waals surface area contributed by atoms with Gasteiger partial charge in [0.1, 0.15) is 12.7 Å². The lowest BCUT2D eigenvalue weighted by molar-refractivity contribution is -0.114. The van der Waals surface area contributed by atoms with Crippen LogP contribution >= 0.6 is 11.6 Å². The van der Waals surface area contributed by atoms with Crippen LogP contribution in [-0.4, -0.2) is 40.9 Å². The lowest BCUT2D eigenvalue weighted by Gasteiger charge is -2.13. The maximum atomic E-state index is 12.5. The van der Waals surface area contributed by atoms with Crippen molar-refractivity contribution in [3.63, 3.8) is 0 Å². The Balaban J connectivity index is 1.66. The molecule has 0 saturated heterocycles. The summed E-state index contributed by atoms with van der Waals surface area (Å²) in [6.07, 6.45) is 2.92. The summed E-state index contributed by atoms with van der Waals surface area (Å²) in [5.41, 5.74) is 2.45. The third-order valence-corrected chi connectivity index (χ3v) is 6.77. The number of anilines is 2. The fourth-order valence-electron chi connectivity index (χ4n) is 2.69. The van der Waals surface area contributed by atoms with E-state index in [1.54, 1.807) is 56.3 Å². The van der Waals surface area contributed by atoms with Crippen LogP contribution in [0.3, 0.4) is 0 Å². The summed E-state index contributed by atoms with van der Waals surface area (Å²) in [5, 5.41) is 9.92. The molecule has 0 aliphatic heterocycles. The Hall–Kier alpha value is -2.91. The first-order chi connectivity index (χ1) is 14.2. The van der Waals surface area contributed by atoms with E-state index >= 15 is 0 Å². The quantitative estimate of drug-likeness (QED) is 0.548. The largest absolute Gasteiger partial charge is 0.376 e. The zero-order chi connectivity index (χ0) is 21.7. The first-order valence-corrected chi connectivity index (χ1v) is 11.3. The molecule has 2 aromatic carbocycles. The molecular weight excluding hydrogens is 426 g/mol. The van der Waals surface area contributed by atoms with Crippen molar-refractivity contribution in [3.05, 3.63) is 65.7 Å². The third kappa shape index (κ3) is 5.58. The van der Waals surface area contributed by atoms with E-state index in [9.17, 15) is 13.2 Å². The number of sulfone groups is 1. The van der Waals surface area contributed by atoms with Crippen molar-refractivity contribution in [3.8, 4) is 5.69 Å². The summed E-state index contributed by atoms with van der Waals surface area (Å²) in [7, 11) is -3.20. The number of carbonyl (C=O) groups excluding carboxylic acids is 1. The minimum absolute atomic E-state index is 0.0102. The molecule has 8 nitrogen and oxygen atoms in total. The highest BCUT2D eigenvalue weighted by molar-refractivity contribution is 7.91. The molecule has 0 aliphatic carbocycles. The Morgan fingerprint density at radius 3 is 2.70 bits per heavy atom. The molecule has 1 heterocycles. The molecule has 3 rings (SSSR count). The van der Waals surface area contributed by atoms with E-state index in [0.29, 0.717) is 27.6 Å². The molecule has 3 aromatic rings. The van der Waals surface area contributed by atoms with Gasteiger partial charge in [0, 0.05) is 10.7 Å². The highest BCUT2D eigenvalue weighted by Crippen LogP contribution is 2.24. The minimum Gasteiger partial charge on any atom is -0.376 e. The van der Waals surface area contributed by atoms with E-state index < -0.39 is 15.1 Å². The van der Waals surface area contributed by atoms with Gasteiger partial charge in [0.05, 0.1) is 28.9 Å². The van der Waals surface area contributed by atoms with Crippen molar-refractivity contribution in [1.82, 2.24) is 14.8 Å². The summed E-state index contributed by atoms with van der Waals surface area (Å²) in [5.74, 6) is -0.338. The average Bonchev–Trinajstić information content (AvgIpc) is 3.21. The number of carbonyl (C=O) groups is 1. The van der Waals surface area contributed by atoms with Crippen LogP contribution < -0.4 is 10.6 Å². The van der Waals surface area contributed by atoms with Crippen LogP contribution in [0.1, 0.15) is 19.4 Å². The second-order valence-corrected chi connectivity index (χ2v) is 9.95. The first-order valence-electron chi connectivity index (χ1n) is 9.23. The summed E-state index contributed by atoms with van der Waals surface area (Å²) in [6, 6.07) is 12.1. The van der Waals surface area contributed by atoms with E-state index in [2.05, 4.69) is 20.7 Å². The molecule has 0 saturated carbocycles. The molecule has 0 spiro atoms. The van der Waals surface area contributed by atoms with Crippen LogP contribution in [0, 0.1) is 0 Å². The van der Waals surface area contributed by atoms with Crippen molar-refractivity contribution in [2.24, 2.45) is 0 Å². The number of benzene rings is 2. The summed E-state index contributed by atoms with van der Waals surface area (Å²) < 4.78 is 25.8. The van der Waals surface area contributed by atoms with Gasteiger partial charge in [-0.25, -0.2) is 18.1 Å². The number of rotatable bonds is 8. The van der Waals surface area contributed by atoms with Gasteiger partial charge in [0.25, 0.3) is 0 Å². The highest BCUT2D eigenvalue weighted by Gasteiger charge is 2.17. The zero-order valence-corrected chi connectivity index (χ0v) is 18.1. The Labute approximate surface area is 180 Å². The number of nitrogens with zero attached hydrogens (tertiary/aromatic N) is 3. The lowest BCUT2D eigenvalue weighted by atomic mass is 10.2. The monoisotopic (exact) mass is 447 g/mol. The Kier molecular flexibility index (Phi) is 6.73. The van der Waals surface area contributed by atoms with Crippen molar-refractivity contribution in [2.45, 2.75) is 24.9 Å². The van der Waals surface area contributed by atoms with Crippen LogP contribution in [0.2, 0.25) is 5.02 Å². The number of hydrogen-bond acceptors (Lipinski definition) is 6. The second-order valence-electron chi connectivity index (χ2n) is 6.96. The van der Waals surface area contributed by atoms with E-state index in [4.69, 9.17) is 11.6 Å². The molecule has 2 N–H and O–H groups in total. The van der Waals surface area contributed by atoms with Crippen molar-refractivity contribution in [1.29, 1.82) is 0 Å². The molecule has 158 valence electrons. The number of aromatic nitrogens is 3. The van der Waals surface area contributed by atoms with Gasteiger partial charge in [-0.3, -0.25) is 4.79 Å². The second kappa shape index (κ2) is 9.27. The Morgan fingerprint density at radius 1 is 1.20 bits per heavy atom. The topological polar surface area (TPSA) is 106 Å². The molecule has 0 atom stereocenters. The van der Waals surface area contributed by atoms with Crippen molar-refractivity contribution in [2.75, 3.05) is 17.2 Å². The Morgan fingerprint density at radius 2 is 2.00 bits per heavy atom. The predicted octanol–water partition coefficient (Wildman–Crippen LogP) is 3.29. The molecule has 0 unspecified atom stereocenters. The van der Waals surface area contributed by atoms with Gasteiger partial charge >= 0.3 is 0 Å². The molecule has 10 heteroatoms. The van der Waals surface area contributed by atoms with Crippen LogP contribution in [0.25, 0.3) is 5.69 Å². The van der Waals surface area contributed by atoms with Crippen molar-refractivity contribution >= 4 is 38.7 Å². The normalized spacial score (nSPS) is 11.5. The number of amides is 1. The van der Waals surface area contributed by atoms with Crippen LogP contribution in [-0.2, 0) is 20.4 Å². The van der Waals surface area contributed by atoms with Crippen LogP contribution in [0.4, 0.5) is 11.4 Å². The summed E-state index contributed by atoms with van der Waals surface area (Å²) in [6.45, 7) is 3.31. The molecule has 0 fully saturated rings. The standard InChI is InChI=1S/C20H22ClN5O3S/c1-14(2)30(28,29)11-15-4-3-5-17(8-15)23-10-20(27)25-18-9-16(21)6-7-19(18)26-13-22-12-24-26/h3-9,12-14,23H,10-11H2,1-2H3,(H,25,27). The fourth-order valence-corrected chi connectivity index (χ4v) is 3.84. The lowest BCUT2D eigenvalue weighted by Crippen LogP contribution is -2.22. The molecule has 30 heavy (non-hydrogen) atoms. The van der Waals surface area contributed by atoms with Gasteiger partial charge in [-0.15, -0.1) is 0 Å². The molecular formula is C20H22ClN5O3S. The van der Waals surface area contributed by atoms with E-state index in [0.717, 1.165) is 0 Å². The van der Waals surface area contributed by atoms with Gasteiger partial charge < -0.3 is 10.6 Å². The highest BCUT2D eigenvalue weighted by atomic mass is 35.5. The molecule has 1 aromatic heterocycles. The van der Waals surface area contributed by atoms with Gasteiger partial charge in [-0.2, -0.15) is 5.10 Å². The number of hydrogen-bond donors (Lipinski definition) is 2. The SMILES string of the molecule is CC(C)S(=O)(=O)Cc1cccc(NCC(=O)Nc2cc(Cl)ccc2-n2cncn2)c1. The molecule has 0 aliphatic rings. The van der Waals surface area contributed by atoms with Crippen LogP contribution in [0.15, 0.2) is 55.1 Å². The zero-order valence-electron chi connectivity index (χ0n) is 16.5. The van der Waals surface area contributed by atoms with Crippen molar-refractivity contribution < 1.29 is 13.2 Å². The van der Waals surface area contributed by atoms with Gasteiger partial charge in [0.2, 0.25) is 5.91 Å². The first kappa shape index (κ1) is 21.8. The smallest absolute Gasteiger partial charge is 0.243 e. The van der Waals surface area contributed by atoms with Gasteiger partial charge in [-0.1, -0.05) is 23.7 Å². The molecule has 1 amide bonds. The van der Waals surface area contributed by atoms with E-state index in [1.165, 1.54) is 17.3 Å². The number of halogens is 1. The maximum Gasteiger partial charge on any atom is 0.243 e. The summed E-state index contributed by atoms with van der Waals surface area (Å²) in [4.78, 5) is 16.4. The summed E-state index contributed by atoms with van der Waals surface area (Å²) >= 11 is 6.07. The maximum absolute atomic E-state index is 12.5.